The van der Waals surface area contributed by atoms with Gasteiger partial charge in [-0.2, -0.15) is 5.10 Å². The fraction of sp³-hybridized carbons (Fsp3) is 0.429. The van der Waals surface area contributed by atoms with Crippen molar-refractivity contribution in [3.8, 4) is 5.13 Å². The van der Waals surface area contributed by atoms with Gasteiger partial charge in [-0.1, -0.05) is 11.3 Å². The first kappa shape index (κ1) is 19.3. The molecule has 0 aromatic carbocycles. The second kappa shape index (κ2) is 7.91. The van der Waals surface area contributed by atoms with Gasteiger partial charge in [-0.05, 0) is 42.3 Å². The molecule has 0 bridgehead atoms. The van der Waals surface area contributed by atoms with Crippen LogP contribution >= 0.6 is 27.3 Å². The van der Waals surface area contributed by atoms with Crippen molar-refractivity contribution in [2.45, 2.75) is 32.9 Å². The summed E-state index contributed by atoms with van der Waals surface area (Å²) in [4.78, 5) is 28.0. The first-order valence-corrected chi connectivity index (χ1v) is 8.81. The molecular weight excluding hydrogens is 417 g/mol. The molecule has 0 spiro atoms. The summed E-state index contributed by atoms with van der Waals surface area (Å²) >= 11 is 4.54. The van der Waals surface area contributed by atoms with Crippen molar-refractivity contribution < 1.29 is 13.9 Å². The number of carbonyl (C=O) groups excluding carboxylic acids is 1. The van der Waals surface area contributed by atoms with Gasteiger partial charge in [-0.3, -0.25) is 0 Å². The molecule has 0 unspecified atom stereocenters. The lowest BCUT2D eigenvalue weighted by atomic mass is 10.2. The highest BCUT2D eigenvalue weighted by atomic mass is 79.9. The number of hydrogen-bond acceptors (Lipinski definition) is 6. The van der Waals surface area contributed by atoms with Crippen molar-refractivity contribution >= 4 is 33.4 Å². The number of rotatable bonds is 5. The van der Waals surface area contributed by atoms with Gasteiger partial charge in [0.25, 0.3) is 0 Å². The van der Waals surface area contributed by atoms with Crippen molar-refractivity contribution in [2.24, 2.45) is 0 Å². The van der Waals surface area contributed by atoms with Crippen LogP contribution in [0, 0.1) is 0 Å². The molecule has 136 valence electrons. The van der Waals surface area contributed by atoms with Crippen LogP contribution in [0.4, 0.5) is 9.18 Å². The fourth-order valence-electron chi connectivity index (χ4n) is 1.76. The number of hydrogen-bond donors (Lipinski definition) is 1. The number of aromatic nitrogens is 4. The van der Waals surface area contributed by atoms with E-state index in [1.807, 2.05) is 0 Å². The van der Waals surface area contributed by atoms with Crippen LogP contribution in [0.25, 0.3) is 5.13 Å². The van der Waals surface area contributed by atoms with Crippen molar-refractivity contribution in [2.75, 3.05) is 6.54 Å². The summed E-state index contributed by atoms with van der Waals surface area (Å²) in [6.45, 7) is 4.96. The zero-order valence-corrected chi connectivity index (χ0v) is 16.2. The Morgan fingerprint density at radius 2 is 2.24 bits per heavy atom. The molecule has 1 N–H and O–H groups in total. The minimum absolute atomic E-state index is 0.104. The SMILES string of the molecule is CC(C)(C)OC(=O)NC/C(=C\F)Cn1ncn(-c2ncc(Br)s2)c1=O. The number of halogens is 2. The van der Waals surface area contributed by atoms with Gasteiger partial charge >= 0.3 is 11.8 Å². The number of nitrogens with zero attached hydrogens (tertiary/aromatic N) is 4. The molecule has 2 rings (SSSR count). The molecule has 0 radical (unpaired) electrons. The van der Waals surface area contributed by atoms with Crippen molar-refractivity contribution in [3.63, 3.8) is 0 Å². The zero-order chi connectivity index (χ0) is 18.6. The van der Waals surface area contributed by atoms with E-state index in [4.69, 9.17) is 4.74 Å². The quantitative estimate of drug-likeness (QED) is 0.782. The Kier molecular flexibility index (Phi) is 6.11. The highest BCUT2D eigenvalue weighted by Crippen LogP contribution is 2.20. The Hall–Kier alpha value is -2.01. The molecule has 2 aromatic heterocycles. The maximum absolute atomic E-state index is 13.1. The van der Waals surface area contributed by atoms with E-state index in [0.717, 1.165) is 8.47 Å². The van der Waals surface area contributed by atoms with E-state index in [-0.39, 0.29) is 18.7 Å². The summed E-state index contributed by atoms with van der Waals surface area (Å²) in [6, 6.07) is 0. The number of alkyl carbamates (subject to hydrolysis) is 1. The Morgan fingerprint density at radius 1 is 1.52 bits per heavy atom. The largest absolute Gasteiger partial charge is 0.444 e. The Labute approximate surface area is 155 Å². The Bertz CT molecular complexity index is 836. The van der Waals surface area contributed by atoms with E-state index >= 15 is 0 Å². The van der Waals surface area contributed by atoms with Crippen LogP contribution in [0.2, 0.25) is 0 Å². The second-order valence-corrected chi connectivity index (χ2v) is 8.40. The molecule has 0 fully saturated rings. The Balaban J connectivity index is 2.02. The summed E-state index contributed by atoms with van der Waals surface area (Å²) < 4.78 is 21.3. The normalized spacial score (nSPS) is 12.3. The number of amides is 1. The predicted molar refractivity (Wildman–Crippen MR) is 94.6 cm³/mol. The standard InChI is InChI=1S/C14H17BrFN5O3S/c1-14(2,3)24-12(22)18-5-9(4-16)7-21-13(23)20(8-19-21)11-17-6-10(15)25-11/h4,6,8H,5,7H2,1-3H3,(H,18,22)/b9-4+. The third-order valence-corrected chi connectivity index (χ3v) is 4.25. The lowest BCUT2D eigenvalue weighted by molar-refractivity contribution is 0.0532. The maximum atomic E-state index is 13.1. The van der Waals surface area contributed by atoms with Crippen LogP contribution in [-0.4, -0.2) is 37.6 Å². The smallest absolute Gasteiger partial charge is 0.407 e. The summed E-state index contributed by atoms with van der Waals surface area (Å²) in [5.74, 6) is 0. The van der Waals surface area contributed by atoms with Gasteiger partial charge in [-0.15, -0.1) is 0 Å². The van der Waals surface area contributed by atoms with Gasteiger partial charge in [0.1, 0.15) is 11.9 Å². The summed E-state index contributed by atoms with van der Waals surface area (Å²) in [5.41, 5.74) is -0.946. The topological polar surface area (TPSA) is 91.0 Å². The van der Waals surface area contributed by atoms with Crippen LogP contribution < -0.4 is 11.0 Å². The van der Waals surface area contributed by atoms with Gasteiger partial charge in [-0.25, -0.2) is 28.2 Å². The molecule has 1 amide bonds. The average Bonchev–Trinajstić information content (AvgIpc) is 3.08. The van der Waals surface area contributed by atoms with E-state index in [1.165, 1.54) is 22.2 Å². The van der Waals surface area contributed by atoms with E-state index in [1.54, 1.807) is 27.0 Å². The molecule has 2 heterocycles. The molecule has 11 heteroatoms. The molecular formula is C14H17BrFN5O3S. The van der Waals surface area contributed by atoms with Crippen LogP contribution in [0.5, 0.6) is 0 Å². The molecule has 8 nitrogen and oxygen atoms in total. The fourth-order valence-corrected chi connectivity index (χ4v) is 2.90. The molecule has 0 aliphatic carbocycles. The second-order valence-electron chi connectivity index (χ2n) is 6.01. The predicted octanol–water partition coefficient (Wildman–Crippen LogP) is 2.63. The molecule has 0 atom stereocenters. The van der Waals surface area contributed by atoms with Crippen LogP contribution in [0.15, 0.2) is 33.0 Å². The van der Waals surface area contributed by atoms with Gasteiger partial charge in [0.05, 0.1) is 22.9 Å². The third-order valence-electron chi connectivity index (χ3n) is 2.77. The minimum atomic E-state index is -0.669. The lowest BCUT2D eigenvalue weighted by Gasteiger charge is -2.19. The van der Waals surface area contributed by atoms with Crippen LogP contribution in [-0.2, 0) is 11.3 Å². The minimum Gasteiger partial charge on any atom is -0.444 e. The van der Waals surface area contributed by atoms with E-state index in [9.17, 15) is 14.0 Å². The number of thiazole rings is 1. The van der Waals surface area contributed by atoms with Gasteiger partial charge in [0, 0.05) is 6.54 Å². The molecule has 25 heavy (non-hydrogen) atoms. The highest BCUT2D eigenvalue weighted by Gasteiger charge is 2.17. The number of nitrogens with one attached hydrogen (secondary N) is 1. The van der Waals surface area contributed by atoms with Gasteiger partial charge in [0.15, 0.2) is 5.13 Å². The van der Waals surface area contributed by atoms with Crippen LogP contribution in [0.1, 0.15) is 20.8 Å². The molecule has 0 aliphatic rings. The molecule has 2 aromatic rings. The van der Waals surface area contributed by atoms with E-state index < -0.39 is 17.4 Å². The van der Waals surface area contributed by atoms with Crippen molar-refractivity contribution in [1.29, 1.82) is 0 Å². The highest BCUT2D eigenvalue weighted by molar-refractivity contribution is 9.11. The lowest BCUT2D eigenvalue weighted by Crippen LogP contribution is -2.34. The molecule has 0 aliphatic heterocycles. The van der Waals surface area contributed by atoms with Crippen molar-refractivity contribution in [3.05, 3.63) is 38.7 Å². The number of carbonyl (C=O) groups is 1. The third kappa shape index (κ3) is 5.49. The monoisotopic (exact) mass is 433 g/mol. The molecule has 0 saturated carbocycles. The maximum Gasteiger partial charge on any atom is 0.407 e. The average molecular weight is 434 g/mol. The van der Waals surface area contributed by atoms with Gasteiger partial charge < -0.3 is 10.1 Å². The first-order chi connectivity index (χ1) is 11.7. The summed E-state index contributed by atoms with van der Waals surface area (Å²) in [5, 5.41) is 6.82. The first-order valence-electron chi connectivity index (χ1n) is 7.21. The van der Waals surface area contributed by atoms with Crippen molar-refractivity contribution in [1.82, 2.24) is 24.6 Å². The van der Waals surface area contributed by atoms with E-state index in [2.05, 4.69) is 31.3 Å². The van der Waals surface area contributed by atoms with Crippen LogP contribution in [0.3, 0.4) is 0 Å². The van der Waals surface area contributed by atoms with Gasteiger partial charge in [0.2, 0.25) is 0 Å². The Morgan fingerprint density at radius 3 is 2.80 bits per heavy atom. The summed E-state index contributed by atoms with van der Waals surface area (Å²) in [7, 11) is 0. The zero-order valence-electron chi connectivity index (χ0n) is 13.8. The molecule has 0 saturated heterocycles. The number of ether oxygens (including phenoxy) is 1. The van der Waals surface area contributed by atoms with E-state index in [0.29, 0.717) is 11.5 Å². The summed E-state index contributed by atoms with van der Waals surface area (Å²) in [6.07, 6.45) is 2.55.